The van der Waals surface area contributed by atoms with Crippen molar-refractivity contribution in [1.82, 2.24) is 14.8 Å². The third-order valence-corrected chi connectivity index (χ3v) is 4.19. The molecule has 0 saturated carbocycles. The van der Waals surface area contributed by atoms with Crippen LogP contribution >= 0.6 is 0 Å². The molecule has 1 N–H and O–H groups in total. The average Bonchev–Trinajstić information content (AvgIpc) is 3.04. The molecule has 4 rings (SSSR count). The summed E-state index contributed by atoms with van der Waals surface area (Å²) in [6.45, 7) is 4.19. The normalized spacial score (nSPS) is 16.4. The Balaban J connectivity index is 1.79. The lowest BCUT2D eigenvalue weighted by atomic mass is 10.0. The average molecular weight is 302 g/mol. The van der Waals surface area contributed by atoms with E-state index in [0.717, 1.165) is 17.2 Å². The quantitative estimate of drug-likeness (QED) is 0.779. The molecule has 3 aromatic rings. The summed E-state index contributed by atoms with van der Waals surface area (Å²) in [5.74, 6) is 0.772. The third-order valence-electron chi connectivity index (χ3n) is 4.19. The molecule has 23 heavy (non-hydrogen) atoms. The van der Waals surface area contributed by atoms with Crippen LogP contribution < -0.4 is 5.32 Å². The van der Waals surface area contributed by atoms with E-state index >= 15 is 0 Å². The predicted molar refractivity (Wildman–Crippen MR) is 92.1 cm³/mol. The van der Waals surface area contributed by atoms with E-state index in [1.54, 1.807) is 6.33 Å². The summed E-state index contributed by atoms with van der Waals surface area (Å²) in [7, 11) is 0. The molecule has 4 heteroatoms. The summed E-state index contributed by atoms with van der Waals surface area (Å²) in [4.78, 5) is 4.34. The minimum Gasteiger partial charge on any atom is -0.324 e. The Labute approximate surface area is 135 Å². The van der Waals surface area contributed by atoms with Gasteiger partial charge < -0.3 is 5.32 Å². The van der Waals surface area contributed by atoms with Crippen LogP contribution in [0.5, 0.6) is 0 Å². The second-order valence-corrected chi connectivity index (χ2v) is 5.96. The van der Waals surface area contributed by atoms with Gasteiger partial charge in [0.15, 0.2) is 0 Å². The lowest BCUT2D eigenvalue weighted by Crippen LogP contribution is -2.20. The Kier molecular flexibility index (Phi) is 3.23. The molecule has 0 amide bonds. The Bertz CT molecular complexity index is 857. The largest absolute Gasteiger partial charge is 0.324 e. The Morgan fingerprint density at radius 2 is 1.57 bits per heavy atom. The zero-order chi connectivity index (χ0) is 15.8. The molecule has 0 spiro atoms. The van der Waals surface area contributed by atoms with Crippen LogP contribution in [0.1, 0.15) is 28.3 Å². The van der Waals surface area contributed by atoms with Gasteiger partial charge >= 0.3 is 0 Å². The molecule has 1 aliphatic heterocycles. The first-order valence-electron chi connectivity index (χ1n) is 7.73. The van der Waals surface area contributed by atoms with E-state index < -0.39 is 0 Å². The summed E-state index contributed by atoms with van der Waals surface area (Å²) in [5, 5.41) is 7.75. The van der Waals surface area contributed by atoms with E-state index in [-0.39, 0.29) is 6.04 Å². The van der Waals surface area contributed by atoms with Gasteiger partial charge in [-0.25, -0.2) is 4.68 Å². The van der Waals surface area contributed by atoms with Gasteiger partial charge in [-0.15, -0.1) is 0 Å². The van der Waals surface area contributed by atoms with E-state index in [0.29, 0.717) is 0 Å². The fourth-order valence-electron chi connectivity index (χ4n) is 2.84. The van der Waals surface area contributed by atoms with Crippen LogP contribution in [0.3, 0.4) is 0 Å². The highest BCUT2D eigenvalue weighted by Gasteiger charge is 2.23. The first-order chi connectivity index (χ1) is 11.2. The highest BCUT2D eigenvalue weighted by Crippen LogP contribution is 2.31. The summed E-state index contributed by atoms with van der Waals surface area (Å²) in [6, 6.07) is 17.1. The maximum Gasteiger partial charge on any atom is 0.226 e. The van der Waals surface area contributed by atoms with Crippen molar-refractivity contribution in [1.29, 1.82) is 0 Å². The van der Waals surface area contributed by atoms with Gasteiger partial charge in [0.1, 0.15) is 12.4 Å². The maximum atomic E-state index is 4.38. The van der Waals surface area contributed by atoms with Crippen LogP contribution in [0, 0.1) is 13.8 Å². The van der Waals surface area contributed by atoms with Gasteiger partial charge in [0.2, 0.25) is 5.95 Å². The molecule has 2 aromatic carbocycles. The molecule has 0 bridgehead atoms. The van der Waals surface area contributed by atoms with Crippen molar-refractivity contribution in [3.05, 3.63) is 83.2 Å². The Morgan fingerprint density at radius 1 is 0.913 bits per heavy atom. The number of anilines is 1. The molecule has 1 atom stereocenters. The monoisotopic (exact) mass is 302 g/mol. The van der Waals surface area contributed by atoms with E-state index in [9.17, 15) is 0 Å². The van der Waals surface area contributed by atoms with Crippen molar-refractivity contribution in [2.75, 3.05) is 5.32 Å². The molecule has 1 aliphatic rings. The summed E-state index contributed by atoms with van der Waals surface area (Å²) < 4.78 is 1.92. The Morgan fingerprint density at radius 3 is 2.26 bits per heavy atom. The third kappa shape index (κ3) is 2.52. The molecule has 114 valence electrons. The number of allylic oxidation sites excluding steroid dienone is 1. The number of hydrogen-bond acceptors (Lipinski definition) is 3. The maximum absolute atomic E-state index is 4.38. The van der Waals surface area contributed by atoms with Crippen molar-refractivity contribution in [3.8, 4) is 0 Å². The highest BCUT2D eigenvalue weighted by atomic mass is 15.4. The summed E-state index contributed by atoms with van der Waals surface area (Å²) >= 11 is 0. The number of hydrogen-bond donors (Lipinski definition) is 1. The lowest BCUT2D eigenvalue weighted by molar-refractivity contribution is 0.612. The summed E-state index contributed by atoms with van der Waals surface area (Å²) in [6.07, 6.45) is 3.80. The fourth-order valence-corrected chi connectivity index (χ4v) is 2.84. The van der Waals surface area contributed by atoms with E-state index in [4.69, 9.17) is 0 Å². The zero-order valence-electron chi connectivity index (χ0n) is 13.2. The molecule has 0 saturated heterocycles. The van der Waals surface area contributed by atoms with Gasteiger partial charge in [-0.05, 0) is 31.1 Å². The van der Waals surface area contributed by atoms with Crippen LogP contribution in [0.4, 0.5) is 5.95 Å². The SMILES string of the molecule is Cc1ccc(C2=C[C@H](c3ccc(C)cc3)n3ncnc3N2)cc1. The number of benzene rings is 2. The van der Waals surface area contributed by atoms with E-state index in [2.05, 4.69) is 83.9 Å². The fraction of sp³-hybridized carbons (Fsp3) is 0.158. The molecule has 4 nitrogen and oxygen atoms in total. The lowest BCUT2D eigenvalue weighted by Gasteiger charge is -2.24. The summed E-state index contributed by atoms with van der Waals surface area (Å²) in [5.41, 5.74) is 5.93. The number of nitrogens with one attached hydrogen (secondary N) is 1. The number of rotatable bonds is 2. The van der Waals surface area contributed by atoms with Gasteiger partial charge in [0.25, 0.3) is 0 Å². The molecule has 1 aromatic heterocycles. The molecule has 0 radical (unpaired) electrons. The van der Waals surface area contributed by atoms with Crippen molar-refractivity contribution >= 4 is 11.6 Å². The van der Waals surface area contributed by atoms with Crippen molar-refractivity contribution in [2.24, 2.45) is 0 Å². The van der Waals surface area contributed by atoms with E-state index in [1.807, 2.05) is 4.68 Å². The Hall–Kier alpha value is -2.88. The van der Waals surface area contributed by atoms with Crippen molar-refractivity contribution < 1.29 is 0 Å². The van der Waals surface area contributed by atoms with Crippen molar-refractivity contribution in [2.45, 2.75) is 19.9 Å². The highest BCUT2D eigenvalue weighted by molar-refractivity contribution is 5.77. The van der Waals surface area contributed by atoms with Gasteiger partial charge in [0, 0.05) is 5.70 Å². The van der Waals surface area contributed by atoms with Crippen LogP contribution in [-0.4, -0.2) is 14.8 Å². The molecular weight excluding hydrogens is 284 g/mol. The first-order valence-corrected chi connectivity index (χ1v) is 7.73. The number of fused-ring (bicyclic) bond motifs is 1. The predicted octanol–water partition coefficient (Wildman–Crippen LogP) is 3.95. The number of nitrogens with zero attached hydrogens (tertiary/aromatic N) is 3. The molecule has 2 heterocycles. The smallest absolute Gasteiger partial charge is 0.226 e. The molecule has 0 unspecified atom stereocenters. The second-order valence-electron chi connectivity index (χ2n) is 5.96. The minimum absolute atomic E-state index is 0.0469. The van der Waals surface area contributed by atoms with Gasteiger partial charge in [0.05, 0.1) is 0 Å². The number of aryl methyl sites for hydroxylation is 2. The van der Waals surface area contributed by atoms with Crippen LogP contribution in [0.15, 0.2) is 60.9 Å². The minimum atomic E-state index is 0.0469. The van der Waals surface area contributed by atoms with Gasteiger partial charge in [-0.3, -0.25) is 0 Å². The molecule has 0 aliphatic carbocycles. The molecule has 0 fully saturated rings. The van der Waals surface area contributed by atoms with Gasteiger partial charge in [-0.1, -0.05) is 59.7 Å². The van der Waals surface area contributed by atoms with Crippen LogP contribution in [-0.2, 0) is 0 Å². The zero-order valence-corrected chi connectivity index (χ0v) is 13.2. The first kappa shape index (κ1) is 13.8. The standard InChI is InChI=1S/C19H18N4/c1-13-3-7-15(8-4-13)17-11-18(16-9-5-14(2)6-10-16)23-19(22-17)20-12-21-23/h3-12,18H,1-2H3,(H,20,21,22)/t18-/m1/s1. The topological polar surface area (TPSA) is 42.7 Å². The van der Waals surface area contributed by atoms with Crippen molar-refractivity contribution in [3.63, 3.8) is 0 Å². The van der Waals surface area contributed by atoms with Gasteiger partial charge in [-0.2, -0.15) is 10.1 Å². The van der Waals surface area contributed by atoms with Crippen LogP contribution in [0.25, 0.3) is 5.70 Å². The molecular formula is C19H18N4. The second kappa shape index (κ2) is 5.39. The van der Waals surface area contributed by atoms with Crippen LogP contribution in [0.2, 0.25) is 0 Å². The van der Waals surface area contributed by atoms with E-state index in [1.165, 1.54) is 16.7 Å². The number of aromatic nitrogens is 3.